The first-order chi connectivity index (χ1) is 32.8. The van der Waals surface area contributed by atoms with Crippen LogP contribution in [0.25, 0.3) is 0 Å². The number of aliphatic carboxylic acids is 1. The van der Waals surface area contributed by atoms with Crippen LogP contribution in [0.1, 0.15) is 104 Å². The minimum Gasteiger partial charge on any atom is -0.508 e. The van der Waals surface area contributed by atoms with E-state index in [1.165, 1.54) is 12.1 Å². The topological polar surface area (TPSA) is 227 Å². The molecular formula is C53H67N7O8. The highest BCUT2D eigenvalue weighted by Crippen LogP contribution is 2.28. The van der Waals surface area contributed by atoms with Gasteiger partial charge in [0, 0.05) is 38.4 Å². The summed E-state index contributed by atoms with van der Waals surface area (Å²) in [5.41, 5.74) is 11.4. The summed E-state index contributed by atoms with van der Waals surface area (Å²) < 4.78 is 7.34. The molecule has 8 N–H and O–H groups in total. The van der Waals surface area contributed by atoms with Crippen LogP contribution >= 0.6 is 0 Å². The Labute approximate surface area is 399 Å². The van der Waals surface area contributed by atoms with Crippen LogP contribution in [-0.2, 0) is 43.2 Å². The summed E-state index contributed by atoms with van der Waals surface area (Å²) >= 11 is 0. The van der Waals surface area contributed by atoms with Crippen LogP contribution in [0, 0.1) is 6.92 Å². The highest BCUT2D eigenvalue weighted by molar-refractivity contribution is 5.94. The van der Waals surface area contributed by atoms with Gasteiger partial charge in [0.15, 0.2) is 0 Å². The minimum absolute atomic E-state index is 0.0135. The zero-order valence-electron chi connectivity index (χ0n) is 39.4. The van der Waals surface area contributed by atoms with Crippen LogP contribution in [0.15, 0.2) is 116 Å². The Kier molecular flexibility index (Phi) is 20.6. The third kappa shape index (κ3) is 16.7. The maximum absolute atomic E-state index is 14.3. The van der Waals surface area contributed by atoms with E-state index < -0.39 is 47.9 Å². The lowest BCUT2D eigenvalue weighted by atomic mass is 9.98. The number of imidazole rings is 1. The number of hydrogen-bond donors (Lipinski definition) is 7. The maximum Gasteiger partial charge on any atom is 0.326 e. The second-order valence-corrected chi connectivity index (χ2v) is 17.3. The van der Waals surface area contributed by atoms with Gasteiger partial charge in [0.25, 0.3) is 0 Å². The fourth-order valence-corrected chi connectivity index (χ4v) is 7.91. The number of aromatic nitrogens is 2. The van der Waals surface area contributed by atoms with Gasteiger partial charge in [0.1, 0.15) is 29.6 Å². The number of methoxy groups -OCH3 is 1. The van der Waals surface area contributed by atoms with E-state index in [1.807, 2.05) is 96.6 Å². The average Bonchev–Trinajstić information content (AvgIpc) is 3.79. The Balaban J connectivity index is 1.31. The molecule has 15 nitrogen and oxygen atoms in total. The molecule has 2 unspecified atom stereocenters. The van der Waals surface area contributed by atoms with Crippen LogP contribution in [0.2, 0.25) is 0 Å². The quantitative estimate of drug-likeness (QED) is 0.0286. The monoisotopic (exact) mass is 930 g/mol. The number of carbonyl (C=O) groups is 5. The Morgan fingerprint density at radius 3 is 1.96 bits per heavy atom. The molecule has 1 heterocycles. The molecule has 15 heteroatoms. The fourth-order valence-electron chi connectivity index (χ4n) is 7.91. The lowest BCUT2D eigenvalue weighted by Gasteiger charge is -2.25. The molecule has 68 heavy (non-hydrogen) atoms. The van der Waals surface area contributed by atoms with Crippen molar-refractivity contribution < 1.29 is 38.9 Å². The van der Waals surface area contributed by atoms with E-state index in [4.69, 9.17) is 10.5 Å². The molecule has 4 aromatic carbocycles. The summed E-state index contributed by atoms with van der Waals surface area (Å²) in [5, 5.41) is 31.0. The summed E-state index contributed by atoms with van der Waals surface area (Å²) in [5.74, 6) is -2.57. The second-order valence-electron chi connectivity index (χ2n) is 17.3. The number of phenolic OH excluding ortho intramolecular Hbond substituents is 1. The van der Waals surface area contributed by atoms with E-state index in [2.05, 4.69) is 33.2 Å². The number of amides is 4. The SMILES string of the molecule is CCCCCCCC(=O)NCCCC[C@@H](NC(=O)[C@@H](N)Cc1cn(C(c2ccccc2)c2ccc(OC)cc2)cn1)C(=O)NC(Cc1ccc(C)cc1)C(=O)N[C@@H](Cc1ccc(O)cc1)C(=O)O. The third-order valence-corrected chi connectivity index (χ3v) is 11.8. The van der Waals surface area contributed by atoms with Gasteiger partial charge in [-0.1, -0.05) is 117 Å². The molecule has 0 fully saturated rings. The van der Waals surface area contributed by atoms with Crippen molar-refractivity contribution in [3.8, 4) is 11.5 Å². The van der Waals surface area contributed by atoms with E-state index in [-0.39, 0.29) is 43.4 Å². The molecule has 5 atom stereocenters. The van der Waals surface area contributed by atoms with Crippen molar-refractivity contribution >= 4 is 29.6 Å². The molecule has 0 aliphatic carbocycles. The van der Waals surface area contributed by atoms with E-state index in [0.717, 1.165) is 54.5 Å². The first-order valence-corrected chi connectivity index (χ1v) is 23.5. The van der Waals surface area contributed by atoms with Crippen molar-refractivity contribution in [2.75, 3.05) is 13.7 Å². The van der Waals surface area contributed by atoms with Crippen molar-refractivity contribution in [2.24, 2.45) is 5.73 Å². The number of unbranched alkanes of at least 4 members (excludes halogenated alkanes) is 5. The first kappa shape index (κ1) is 52.0. The highest BCUT2D eigenvalue weighted by Gasteiger charge is 2.31. The summed E-state index contributed by atoms with van der Waals surface area (Å²) in [6.07, 6.45) is 10.3. The molecule has 362 valence electrons. The number of ether oxygens (including phenoxy) is 1. The molecule has 5 rings (SSSR count). The number of nitrogens with one attached hydrogen (secondary N) is 4. The van der Waals surface area contributed by atoms with Crippen LogP contribution in [0.5, 0.6) is 11.5 Å². The zero-order valence-corrected chi connectivity index (χ0v) is 39.4. The standard InChI is InChI=1S/C53H67N7O8/c1-4-5-6-7-11-17-48(62)55-30-13-12-16-45(51(64)58-46(31-37-20-18-36(2)19-21-37)52(65)59-47(53(66)67)32-38-22-26-42(61)27-23-38)57-50(63)44(54)33-41-34-60(35-56-41)49(39-14-9-8-10-15-39)40-24-28-43(68-3)29-25-40/h8-10,14-15,18-29,34-35,44-47,49,61H,4-7,11-13,16-17,30-33,54H2,1-3H3,(H,55,62)(H,57,63)(H,58,64)(H,59,65)(H,66,67)/t44-,45+,46?,47-,49?/m0/s1. The number of carboxylic acid groups (broad SMARTS) is 1. The first-order valence-electron chi connectivity index (χ1n) is 23.5. The number of carbonyl (C=O) groups excluding carboxylic acids is 4. The van der Waals surface area contributed by atoms with Gasteiger partial charge >= 0.3 is 5.97 Å². The van der Waals surface area contributed by atoms with Gasteiger partial charge in [-0.25, -0.2) is 9.78 Å². The highest BCUT2D eigenvalue weighted by atomic mass is 16.5. The predicted octanol–water partition coefficient (Wildman–Crippen LogP) is 6.08. The second kappa shape index (κ2) is 27.0. The van der Waals surface area contributed by atoms with Crippen molar-refractivity contribution in [3.05, 3.63) is 149 Å². The van der Waals surface area contributed by atoms with Crippen LogP contribution < -0.4 is 31.7 Å². The fraction of sp³-hybridized carbons (Fsp3) is 0.396. The maximum atomic E-state index is 14.3. The molecule has 0 saturated heterocycles. The van der Waals surface area contributed by atoms with Crippen LogP contribution in [-0.4, -0.2) is 87.2 Å². The lowest BCUT2D eigenvalue weighted by Crippen LogP contribution is -2.58. The lowest BCUT2D eigenvalue weighted by molar-refractivity contribution is -0.142. The molecular weight excluding hydrogens is 863 g/mol. The normalized spacial score (nSPS) is 13.3. The molecule has 0 bridgehead atoms. The Hall–Kier alpha value is -7.00. The minimum atomic E-state index is -1.35. The molecule has 1 aromatic heterocycles. The van der Waals surface area contributed by atoms with Crippen molar-refractivity contribution in [2.45, 2.75) is 121 Å². The predicted molar refractivity (Wildman–Crippen MR) is 261 cm³/mol. The van der Waals surface area contributed by atoms with Crippen molar-refractivity contribution in [1.29, 1.82) is 0 Å². The van der Waals surface area contributed by atoms with E-state index >= 15 is 0 Å². The summed E-state index contributed by atoms with van der Waals surface area (Å²) in [6.45, 7) is 4.45. The molecule has 0 spiro atoms. The third-order valence-electron chi connectivity index (χ3n) is 11.8. The number of phenols is 1. The van der Waals surface area contributed by atoms with Gasteiger partial charge < -0.3 is 46.5 Å². The number of nitrogens with two attached hydrogens (primary N) is 1. The number of hydrogen-bond acceptors (Lipinski definition) is 9. The number of benzene rings is 4. The van der Waals surface area contributed by atoms with Crippen molar-refractivity contribution in [3.63, 3.8) is 0 Å². The van der Waals surface area contributed by atoms with Gasteiger partial charge in [0.2, 0.25) is 23.6 Å². The smallest absolute Gasteiger partial charge is 0.326 e. The summed E-state index contributed by atoms with van der Waals surface area (Å²) in [7, 11) is 1.61. The van der Waals surface area contributed by atoms with E-state index in [0.29, 0.717) is 42.6 Å². The molecule has 0 saturated carbocycles. The number of aryl methyl sites for hydroxylation is 1. The number of aromatic hydroxyl groups is 1. The largest absolute Gasteiger partial charge is 0.508 e. The average molecular weight is 930 g/mol. The summed E-state index contributed by atoms with van der Waals surface area (Å²) in [4.78, 5) is 71.8. The van der Waals surface area contributed by atoms with Gasteiger partial charge in [-0.15, -0.1) is 0 Å². The molecule has 0 radical (unpaired) electrons. The van der Waals surface area contributed by atoms with Gasteiger partial charge in [-0.3, -0.25) is 19.2 Å². The molecule has 0 aliphatic heterocycles. The van der Waals surface area contributed by atoms with Crippen LogP contribution in [0.3, 0.4) is 0 Å². The van der Waals surface area contributed by atoms with Gasteiger partial charge in [0.05, 0.1) is 31.2 Å². The molecule has 4 amide bonds. The zero-order chi connectivity index (χ0) is 48.8. The Bertz CT molecular complexity index is 2350. The van der Waals surface area contributed by atoms with E-state index in [9.17, 15) is 34.2 Å². The molecule has 5 aromatic rings. The molecule has 0 aliphatic rings. The van der Waals surface area contributed by atoms with Gasteiger partial charge in [-0.05, 0) is 79.1 Å². The Morgan fingerprint density at radius 2 is 1.29 bits per heavy atom. The van der Waals surface area contributed by atoms with Gasteiger partial charge in [-0.2, -0.15) is 0 Å². The summed E-state index contributed by atoms with van der Waals surface area (Å²) in [6, 6.07) is 26.0. The number of rotatable bonds is 28. The van der Waals surface area contributed by atoms with Crippen molar-refractivity contribution in [1.82, 2.24) is 30.8 Å². The van der Waals surface area contributed by atoms with Crippen LogP contribution in [0.4, 0.5) is 0 Å². The van der Waals surface area contributed by atoms with E-state index in [1.54, 1.807) is 25.6 Å². The Morgan fingerprint density at radius 1 is 0.691 bits per heavy atom. The number of nitrogens with zero attached hydrogens (tertiary/aromatic N) is 2. The number of carboxylic acids is 1.